The summed E-state index contributed by atoms with van der Waals surface area (Å²) in [5, 5.41) is 16.4. The molecule has 0 aliphatic carbocycles. The highest BCUT2D eigenvalue weighted by molar-refractivity contribution is 6.46. The van der Waals surface area contributed by atoms with E-state index < -0.39 is 17.7 Å². The van der Waals surface area contributed by atoms with E-state index in [9.17, 15) is 14.7 Å². The zero-order valence-electron chi connectivity index (χ0n) is 22.7. The minimum atomic E-state index is -0.799. The van der Waals surface area contributed by atoms with Crippen molar-refractivity contribution >= 4 is 17.4 Å². The summed E-state index contributed by atoms with van der Waals surface area (Å²) in [6, 6.07) is 27.6. The van der Waals surface area contributed by atoms with Crippen molar-refractivity contribution in [3.05, 3.63) is 114 Å². The molecule has 3 aromatic carbocycles. The Kier molecular flexibility index (Phi) is 7.75. The number of para-hydroxylation sites is 1. The van der Waals surface area contributed by atoms with Crippen molar-refractivity contribution in [1.82, 2.24) is 19.6 Å². The Labute approximate surface area is 239 Å². The van der Waals surface area contributed by atoms with Gasteiger partial charge in [0.15, 0.2) is 0 Å². The monoisotopic (exact) mass is 548 g/mol. The van der Waals surface area contributed by atoms with Crippen LogP contribution in [-0.4, -0.2) is 75.8 Å². The Morgan fingerprint density at radius 1 is 0.854 bits per heavy atom. The third-order valence-corrected chi connectivity index (χ3v) is 7.67. The number of morpholine rings is 1. The predicted molar refractivity (Wildman–Crippen MR) is 156 cm³/mol. The maximum atomic E-state index is 13.6. The van der Waals surface area contributed by atoms with Gasteiger partial charge in [-0.3, -0.25) is 14.5 Å². The average molecular weight is 549 g/mol. The molecular weight excluding hydrogens is 516 g/mol. The lowest BCUT2D eigenvalue weighted by Crippen LogP contribution is -2.39. The molecule has 1 aromatic heterocycles. The molecule has 1 amide bonds. The topological polar surface area (TPSA) is 87.9 Å². The molecule has 3 heterocycles. The van der Waals surface area contributed by atoms with Crippen LogP contribution in [0.4, 0.5) is 0 Å². The van der Waals surface area contributed by atoms with Gasteiger partial charge in [-0.05, 0) is 18.6 Å². The lowest BCUT2D eigenvalue weighted by Gasteiger charge is -2.29. The van der Waals surface area contributed by atoms with Crippen LogP contribution < -0.4 is 0 Å². The van der Waals surface area contributed by atoms with Gasteiger partial charge in [0.2, 0.25) is 0 Å². The molecule has 0 unspecified atom stereocenters. The quantitative estimate of drug-likeness (QED) is 0.195. The highest BCUT2D eigenvalue weighted by atomic mass is 16.5. The lowest BCUT2D eigenvalue weighted by molar-refractivity contribution is -0.140. The number of rotatable bonds is 8. The first kappa shape index (κ1) is 26.7. The number of aliphatic hydroxyl groups is 1. The molecule has 0 saturated carbocycles. The van der Waals surface area contributed by atoms with E-state index >= 15 is 0 Å². The van der Waals surface area contributed by atoms with Gasteiger partial charge in [-0.15, -0.1) is 0 Å². The fraction of sp³-hybridized carbons (Fsp3) is 0.242. The third-order valence-electron chi connectivity index (χ3n) is 7.67. The number of carbonyl (C=O) groups is 2. The Hall–Kier alpha value is -4.53. The molecule has 8 nitrogen and oxygen atoms in total. The number of benzene rings is 3. The molecule has 1 atom stereocenters. The zero-order chi connectivity index (χ0) is 28.2. The van der Waals surface area contributed by atoms with E-state index in [1.165, 1.54) is 0 Å². The van der Waals surface area contributed by atoms with E-state index in [4.69, 9.17) is 9.84 Å². The molecule has 2 fully saturated rings. The van der Waals surface area contributed by atoms with Gasteiger partial charge in [-0.2, -0.15) is 5.10 Å². The van der Waals surface area contributed by atoms with Gasteiger partial charge >= 0.3 is 0 Å². The van der Waals surface area contributed by atoms with E-state index in [0.29, 0.717) is 43.0 Å². The van der Waals surface area contributed by atoms with Crippen molar-refractivity contribution in [1.29, 1.82) is 0 Å². The van der Waals surface area contributed by atoms with Crippen LogP contribution in [0.5, 0.6) is 0 Å². The SMILES string of the molecule is O=C1C(=O)N(CCCN2CCOCC2)[C@H](c2cn(-c3ccccc3)nc2-c2ccccc2)C1=C(O)c1ccccc1. The fourth-order valence-corrected chi connectivity index (χ4v) is 5.60. The molecule has 208 valence electrons. The summed E-state index contributed by atoms with van der Waals surface area (Å²) in [5.41, 5.74) is 3.61. The highest BCUT2D eigenvalue weighted by Crippen LogP contribution is 2.43. The minimum absolute atomic E-state index is 0.0809. The van der Waals surface area contributed by atoms with E-state index in [2.05, 4.69) is 4.90 Å². The normalized spacial score (nSPS) is 19.1. The van der Waals surface area contributed by atoms with E-state index in [1.807, 2.05) is 72.9 Å². The number of Topliss-reactive ketones (excluding diaryl/α,β-unsaturated/α-hetero) is 1. The van der Waals surface area contributed by atoms with Crippen molar-refractivity contribution < 1.29 is 19.4 Å². The summed E-state index contributed by atoms with van der Waals surface area (Å²) in [4.78, 5) is 31.2. The molecule has 8 heteroatoms. The zero-order valence-corrected chi connectivity index (χ0v) is 22.7. The van der Waals surface area contributed by atoms with Crippen LogP contribution in [0.2, 0.25) is 0 Å². The van der Waals surface area contributed by atoms with E-state index in [1.54, 1.807) is 33.8 Å². The van der Waals surface area contributed by atoms with Crippen LogP contribution in [0, 0.1) is 0 Å². The van der Waals surface area contributed by atoms with E-state index in [-0.39, 0.29) is 11.3 Å². The van der Waals surface area contributed by atoms with Gasteiger partial charge in [0.25, 0.3) is 11.7 Å². The Balaban J connectivity index is 1.47. The molecule has 0 radical (unpaired) electrons. The van der Waals surface area contributed by atoms with Crippen LogP contribution in [0.25, 0.3) is 22.7 Å². The molecule has 0 spiro atoms. The number of hydrogen-bond donors (Lipinski definition) is 1. The van der Waals surface area contributed by atoms with Crippen molar-refractivity contribution in [3.63, 3.8) is 0 Å². The average Bonchev–Trinajstić information content (AvgIpc) is 3.58. The van der Waals surface area contributed by atoms with Crippen LogP contribution in [0.3, 0.4) is 0 Å². The Morgan fingerprint density at radius 3 is 2.17 bits per heavy atom. The second-order valence-electron chi connectivity index (χ2n) is 10.2. The molecule has 1 N–H and O–H groups in total. The molecule has 41 heavy (non-hydrogen) atoms. The molecular formula is C33H32N4O4. The van der Waals surface area contributed by atoms with Crippen molar-refractivity contribution in [3.8, 4) is 16.9 Å². The molecule has 6 rings (SSSR count). The van der Waals surface area contributed by atoms with Crippen molar-refractivity contribution in [2.24, 2.45) is 0 Å². The first-order valence-corrected chi connectivity index (χ1v) is 14.0. The van der Waals surface area contributed by atoms with Gasteiger partial charge < -0.3 is 14.7 Å². The molecule has 4 aromatic rings. The number of hydrogen-bond acceptors (Lipinski definition) is 6. The Bertz CT molecular complexity index is 1540. The molecule has 2 aliphatic rings. The van der Waals surface area contributed by atoms with Gasteiger partial charge in [0.1, 0.15) is 5.76 Å². The van der Waals surface area contributed by atoms with Crippen LogP contribution >= 0.6 is 0 Å². The number of carbonyl (C=O) groups excluding carboxylic acids is 2. The molecule has 0 bridgehead atoms. The first-order chi connectivity index (χ1) is 20.1. The van der Waals surface area contributed by atoms with Crippen LogP contribution in [0.1, 0.15) is 23.6 Å². The third kappa shape index (κ3) is 5.44. The van der Waals surface area contributed by atoms with Gasteiger partial charge in [0, 0.05) is 49.1 Å². The lowest BCUT2D eigenvalue weighted by atomic mass is 9.93. The summed E-state index contributed by atoms with van der Waals surface area (Å²) in [5.74, 6) is -1.48. The number of ether oxygens (including phenoxy) is 1. The fourth-order valence-electron chi connectivity index (χ4n) is 5.60. The number of ketones is 1. The summed E-state index contributed by atoms with van der Waals surface area (Å²) >= 11 is 0. The first-order valence-electron chi connectivity index (χ1n) is 14.0. The molecule has 2 saturated heterocycles. The van der Waals surface area contributed by atoms with Gasteiger partial charge in [-0.1, -0.05) is 78.9 Å². The van der Waals surface area contributed by atoms with E-state index in [0.717, 1.165) is 30.9 Å². The smallest absolute Gasteiger partial charge is 0.295 e. The summed E-state index contributed by atoms with van der Waals surface area (Å²) in [6.07, 6.45) is 2.56. The summed E-state index contributed by atoms with van der Waals surface area (Å²) in [6.45, 7) is 4.23. The molecule has 2 aliphatic heterocycles. The summed E-state index contributed by atoms with van der Waals surface area (Å²) in [7, 11) is 0. The second-order valence-corrected chi connectivity index (χ2v) is 10.2. The maximum Gasteiger partial charge on any atom is 0.295 e. The number of likely N-dealkylation sites (tertiary alicyclic amines) is 1. The predicted octanol–water partition coefficient (Wildman–Crippen LogP) is 4.68. The Morgan fingerprint density at radius 2 is 1.49 bits per heavy atom. The van der Waals surface area contributed by atoms with Gasteiger partial charge in [0.05, 0.1) is 36.2 Å². The van der Waals surface area contributed by atoms with Crippen molar-refractivity contribution in [2.45, 2.75) is 12.5 Å². The second kappa shape index (κ2) is 11.9. The number of nitrogens with zero attached hydrogens (tertiary/aromatic N) is 4. The highest BCUT2D eigenvalue weighted by Gasteiger charge is 2.47. The van der Waals surface area contributed by atoms with Crippen LogP contribution in [0.15, 0.2) is 103 Å². The largest absolute Gasteiger partial charge is 0.507 e. The van der Waals surface area contributed by atoms with Crippen LogP contribution in [-0.2, 0) is 14.3 Å². The number of aliphatic hydroxyl groups excluding tert-OH is 1. The van der Waals surface area contributed by atoms with Crippen molar-refractivity contribution in [2.75, 3.05) is 39.4 Å². The minimum Gasteiger partial charge on any atom is -0.507 e. The standard InChI is InChI=1S/C33H32N4O4/c38-31(25-13-6-2-7-14-25)28-30(36(33(40)32(28)39)18-10-17-35-19-21-41-22-20-35)27-23-37(26-15-8-3-9-16-26)34-29(27)24-11-4-1-5-12-24/h1-9,11-16,23,30,38H,10,17-22H2/t30-/m1/s1. The van der Waals surface area contributed by atoms with Gasteiger partial charge in [-0.25, -0.2) is 4.68 Å². The number of amides is 1. The summed E-state index contributed by atoms with van der Waals surface area (Å²) < 4.78 is 7.24. The number of aromatic nitrogens is 2. The maximum absolute atomic E-state index is 13.6.